The molecule has 0 aromatic carbocycles. The molecule has 27 valence electrons. The van der Waals surface area contributed by atoms with Crippen LogP contribution in [0, 0.1) is 0 Å². The molecule has 0 fully saturated rings. The van der Waals surface area contributed by atoms with Gasteiger partial charge in [-0.3, -0.25) is 0 Å². The van der Waals surface area contributed by atoms with Crippen LogP contribution in [0.5, 0.6) is 0 Å². The fraction of sp³-hybridized carbons (Fsp3) is 0. The second-order valence-electron chi connectivity index (χ2n) is 0.0431. The van der Waals surface area contributed by atoms with Crippen molar-refractivity contribution < 1.29 is 13.1 Å². The molecule has 0 rings (SSSR count). The summed E-state index contributed by atoms with van der Waals surface area (Å²) in [6.45, 7) is 0. The van der Waals surface area contributed by atoms with E-state index in [9.17, 15) is 0 Å². The van der Waals surface area contributed by atoms with Gasteiger partial charge in [0.2, 0.25) is 0 Å². The molecule has 0 heterocycles. The third-order valence-corrected chi connectivity index (χ3v) is 0. The van der Waals surface area contributed by atoms with Crippen LogP contribution in [0.15, 0.2) is 0 Å². The van der Waals surface area contributed by atoms with Gasteiger partial charge in [-0.1, -0.05) is 0 Å². The minimum absolute atomic E-state index is 0. The Kier molecular flexibility index (Phi) is 51.0. The first-order chi connectivity index (χ1) is 1.41. The van der Waals surface area contributed by atoms with E-state index in [4.69, 9.17) is 0 Å². The van der Waals surface area contributed by atoms with Crippen molar-refractivity contribution in [2.24, 2.45) is 0 Å². The van der Waals surface area contributed by atoms with E-state index in [1.807, 2.05) is 0 Å². The molecule has 0 spiro atoms. The Morgan fingerprint density at radius 3 is 1.00 bits per heavy atom. The van der Waals surface area contributed by atoms with Crippen molar-refractivity contribution >= 4 is 123 Å². The minimum Gasteiger partial charge on any atom is 0 e. The predicted molar refractivity (Wildman–Crippen MR) is 23.2 cm³/mol. The molecule has 0 amide bonds. The largest absolute Gasteiger partial charge is 0 e. The summed E-state index contributed by atoms with van der Waals surface area (Å²) in [6, 6.07) is 0. The Balaban J connectivity index is -0.0000000200. The SMILES string of the molecule is [Cl][Cu][Cl].[K].[K]. The van der Waals surface area contributed by atoms with E-state index >= 15 is 0 Å². The average Bonchev–Trinajstić information content (AvgIpc) is 0.918. The molecule has 0 nitrogen and oxygen atoms in total. The number of hydrogen-bond acceptors (Lipinski definition) is 0. The molecular weight excluding hydrogens is 213 g/mol. The van der Waals surface area contributed by atoms with Gasteiger partial charge < -0.3 is 0 Å². The van der Waals surface area contributed by atoms with Gasteiger partial charge in [0.1, 0.15) is 0 Å². The quantitative estimate of drug-likeness (QED) is 0.517. The van der Waals surface area contributed by atoms with Crippen molar-refractivity contribution in [2.75, 3.05) is 0 Å². The normalized spacial score (nSPS) is 4.40. The Hall–Kier alpha value is 4.37. The summed E-state index contributed by atoms with van der Waals surface area (Å²) in [5, 5.41) is 0. The van der Waals surface area contributed by atoms with Crippen LogP contribution in [-0.2, 0) is 13.1 Å². The minimum atomic E-state index is 0. The fourth-order valence-corrected chi connectivity index (χ4v) is 0. The fourth-order valence-electron chi connectivity index (χ4n) is 0. The van der Waals surface area contributed by atoms with Gasteiger partial charge in [0.25, 0.3) is 0 Å². The van der Waals surface area contributed by atoms with Gasteiger partial charge in [0.05, 0.1) is 0 Å². The maximum atomic E-state index is 4.67. The first kappa shape index (κ1) is 16.2. The van der Waals surface area contributed by atoms with Gasteiger partial charge in [0.15, 0.2) is 0 Å². The Bertz CT molecular complexity index is 7.61. The van der Waals surface area contributed by atoms with Crippen LogP contribution < -0.4 is 0 Å². The molecule has 5 heavy (non-hydrogen) atoms. The van der Waals surface area contributed by atoms with E-state index < -0.39 is 0 Å². The zero-order chi connectivity index (χ0) is 2.71. The first-order valence-electron chi connectivity index (χ1n) is 0.228. The summed E-state index contributed by atoms with van der Waals surface area (Å²) in [4.78, 5) is 0. The summed E-state index contributed by atoms with van der Waals surface area (Å²) >= 11 is 0.757. The molecule has 0 aliphatic heterocycles. The van der Waals surface area contributed by atoms with E-state index in [2.05, 4.69) is 20.2 Å². The molecular formula is Cl2CuK2. The van der Waals surface area contributed by atoms with E-state index in [0.29, 0.717) is 0 Å². The van der Waals surface area contributed by atoms with E-state index in [-0.39, 0.29) is 103 Å². The van der Waals surface area contributed by atoms with Gasteiger partial charge >= 0.3 is 33.3 Å². The predicted octanol–water partition coefficient (Wildman–Crippen LogP) is 0.615. The van der Waals surface area contributed by atoms with E-state index in [0.717, 1.165) is 13.1 Å². The smallest absolute Gasteiger partial charge is 0 e. The molecule has 0 aliphatic rings. The second kappa shape index (κ2) is 15.8. The van der Waals surface area contributed by atoms with E-state index in [1.54, 1.807) is 0 Å². The van der Waals surface area contributed by atoms with Crippen LogP contribution in [0.3, 0.4) is 0 Å². The molecule has 0 N–H and O–H groups in total. The summed E-state index contributed by atoms with van der Waals surface area (Å²) < 4.78 is 0. The topological polar surface area (TPSA) is 0 Å². The molecule has 0 saturated heterocycles. The molecule has 0 atom stereocenters. The van der Waals surface area contributed by atoms with Crippen LogP contribution in [0.1, 0.15) is 0 Å². The molecule has 0 aromatic rings. The average molecular weight is 213 g/mol. The summed E-state index contributed by atoms with van der Waals surface area (Å²) in [5.74, 6) is 0. The van der Waals surface area contributed by atoms with Crippen LogP contribution in [0.2, 0.25) is 0 Å². The standard InChI is InChI=1S/2ClH.Cu.2K/h2*1H;;;/q;;+2;;/p-2. The molecule has 2 radical (unpaired) electrons. The van der Waals surface area contributed by atoms with Crippen LogP contribution in [0.25, 0.3) is 0 Å². The van der Waals surface area contributed by atoms with E-state index in [1.165, 1.54) is 0 Å². The third kappa shape index (κ3) is 17.8. The molecule has 5 heteroatoms. The molecule has 0 saturated carbocycles. The maximum Gasteiger partial charge on any atom is 0 e. The monoisotopic (exact) mass is 211 g/mol. The van der Waals surface area contributed by atoms with Crippen molar-refractivity contribution in [3.05, 3.63) is 0 Å². The van der Waals surface area contributed by atoms with Gasteiger partial charge in [-0.25, -0.2) is 0 Å². The van der Waals surface area contributed by atoms with Crippen molar-refractivity contribution in [3.8, 4) is 0 Å². The van der Waals surface area contributed by atoms with Crippen molar-refractivity contribution in [1.82, 2.24) is 0 Å². The van der Waals surface area contributed by atoms with Crippen LogP contribution in [-0.4, -0.2) is 103 Å². The molecule has 0 aliphatic carbocycles. The Morgan fingerprint density at radius 2 is 1.00 bits per heavy atom. The third-order valence-electron chi connectivity index (χ3n) is 0. The molecule has 0 unspecified atom stereocenters. The molecule has 0 aromatic heterocycles. The van der Waals surface area contributed by atoms with Crippen molar-refractivity contribution in [1.29, 1.82) is 0 Å². The van der Waals surface area contributed by atoms with Gasteiger partial charge in [0, 0.05) is 103 Å². The number of halogens is 2. The summed E-state index contributed by atoms with van der Waals surface area (Å²) in [7, 11) is 9.34. The zero-order valence-electron chi connectivity index (χ0n) is 3.06. The zero-order valence-corrected chi connectivity index (χ0v) is 11.8. The van der Waals surface area contributed by atoms with Gasteiger partial charge in [-0.2, -0.15) is 0 Å². The number of hydrogen-bond donors (Lipinski definition) is 0. The number of rotatable bonds is 0. The van der Waals surface area contributed by atoms with Gasteiger partial charge in [-0.15, -0.1) is 0 Å². The second-order valence-corrected chi connectivity index (χ2v) is 1.60. The maximum absolute atomic E-state index is 4.67. The first-order valence-corrected chi connectivity index (χ1v) is 2.82. The Morgan fingerprint density at radius 1 is 1.00 bits per heavy atom. The summed E-state index contributed by atoms with van der Waals surface area (Å²) in [5.41, 5.74) is 0. The van der Waals surface area contributed by atoms with Gasteiger partial charge in [-0.05, 0) is 0 Å². The van der Waals surface area contributed by atoms with Crippen molar-refractivity contribution in [3.63, 3.8) is 0 Å². The summed E-state index contributed by atoms with van der Waals surface area (Å²) in [6.07, 6.45) is 0. The van der Waals surface area contributed by atoms with Crippen LogP contribution in [0.4, 0.5) is 0 Å². The molecule has 0 bridgehead atoms. The van der Waals surface area contributed by atoms with Crippen LogP contribution >= 0.6 is 20.2 Å². The van der Waals surface area contributed by atoms with Crippen molar-refractivity contribution in [2.45, 2.75) is 0 Å². The Labute approximate surface area is 132 Å².